The molecule has 0 radical (unpaired) electrons. The molecule has 3 aromatic rings. The number of hydrogen-bond donors (Lipinski definition) is 3. The smallest absolute Gasteiger partial charge is 0.305 e. The van der Waals surface area contributed by atoms with E-state index in [0.29, 0.717) is 17.9 Å². The third-order valence-corrected chi connectivity index (χ3v) is 5.66. The number of para-hydroxylation sites is 1. The van der Waals surface area contributed by atoms with E-state index >= 15 is 0 Å². The molecule has 198 valence electrons. The van der Waals surface area contributed by atoms with Gasteiger partial charge in [0, 0.05) is 6.07 Å². The lowest BCUT2D eigenvalue weighted by atomic mass is 9.90. The molecular formula is C27H32FN3O6. The van der Waals surface area contributed by atoms with Crippen LogP contribution in [-0.2, 0) is 4.79 Å². The zero-order valence-corrected chi connectivity index (χ0v) is 21.3. The van der Waals surface area contributed by atoms with Gasteiger partial charge in [-0.1, -0.05) is 45.0 Å². The van der Waals surface area contributed by atoms with E-state index in [0.717, 1.165) is 4.68 Å². The van der Waals surface area contributed by atoms with Crippen LogP contribution in [-0.4, -0.2) is 51.2 Å². The second-order valence-electron chi connectivity index (χ2n) is 9.55. The zero-order chi connectivity index (χ0) is 27.2. The summed E-state index contributed by atoms with van der Waals surface area (Å²) in [6.45, 7) is 7.76. The molecule has 0 aliphatic carbocycles. The number of carbonyl (C=O) groups excluding carboxylic acids is 1. The van der Waals surface area contributed by atoms with Gasteiger partial charge in [0.05, 0.1) is 25.2 Å². The summed E-state index contributed by atoms with van der Waals surface area (Å²) >= 11 is 0. The first kappa shape index (κ1) is 27.7. The van der Waals surface area contributed by atoms with E-state index < -0.39 is 35.3 Å². The van der Waals surface area contributed by atoms with Crippen molar-refractivity contribution in [3.8, 4) is 17.3 Å². The summed E-state index contributed by atoms with van der Waals surface area (Å²) in [6.07, 6.45) is -1.21. The van der Waals surface area contributed by atoms with Crippen molar-refractivity contribution in [1.29, 1.82) is 0 Å². The van der Waals surface area contributed by atoms with E-state index in [1.54, 1.807) is 30.3 Å². The van der Waals surface area contributed by atoms with Crippen LogP contribution < -0.4 is 14.8 Å². The Morgan fingerprint density at radius 2 is 1.78 bits per heavy atom. The number of aliphatic hydroxyl groups excluding tert-OH is 1. The summed E-state index contributed by atoms with van der Waals surface area (Å²) < 4.78 is 26.9. The molecule has 10 heteroatoms. The highest BCUT2D eigenvalue weighted by Gasteiger charge is 2.26. The molecule has 0 aliphatic heterocycles. The van der Waals surface area contributed by atoms with Gasteiger partial charge in [-0.2, -0.15) is 9.78 Å². The third-order valence-electron chi connectivity index (χ3n) is 5.66. The molecule has 0 bridgehead atoms. The molecule has 3 rings (SSSR count). The normalized spacial score (nSPS) is 13.0. The average molecular weight is 514 g/mol. The monoisotopic (exact) mass is 513 g/mol. The largest absolute Gasteiger partial charge is 0.494 e. The van der Waals surface area contributed by atoms with Crippen molar-refractivity contribution >= 4 is 11.9 Å². The number of nitrogens with one attached hydrogen (secondary N) is 1. The highest BCUT2D eigenvalue weighted by molar-refractivity contribution is 5.93. The van der Waals surface area contributed by atoms with E-state index in [2.05, 4.69) is 10.4 Å². The number of aliphatic hydroxyl groups is 1. The van der Waals surface area contributed by atoms with Crippen molar-refractivity contribution < 1.29 is 33.7 Å². The van der Waals surface area contributed by atoms with Gasteiger partial charge in [0.1, 0.15) is 23.9 Å². The van der Waals surface area contributed by atoms with Gasteiger partial charge < -0.3 is 25.0 Å². The van der Waals surface area contributed by atoms with Crippen molar-refractivity contribution in [1.82, 2.24) is 15.1 Å². The van der Waals surface area contributed by atoms with Crippen LogP contribution in [0.1, 0.15) is 56.2 Å². The Morgan fingerprint density at radius 3 is 2.38 bits per heavy atom. The van der Waals surface area contributed by atoms with Gasteiger partial charge in [0.2, 0.25) is 5.88 Å². The van der Waals surface area contributed by atoms with Gasteiger partial charge in [-0.25, -0.2) is 4.39 Å². The quantitative estimate of drug-likeness (QED) is 0.352. The summed E-state index contributed by atoms with van der Waals surface area (Å²) in [7, 11) is 0. The first-order valence-corrected chi connectivity index (χ1v) is 11.9. The SMILES string of the molecule is CCOc1ccc([C@H](CC(=O)O)NC(=O)c2cc(OC[C@H](O)C(C)(C)C)n(-c3ccccc3F)n2)cc1. The minimum atomic E-state index is -1.10. The summed E-state index contributed by atoms with van der Waals surface area (Å²) in [5.41, 5.74) is 0.0444. The summed E-state index contributed by atoms with van der Waals surface area (Å²) in [6, 6.07) is 13.1. The molecule has 0 fully saturated rings. The Morgan fingerprint density at radius 1 is 1.11 bits per heavy atom. The van der Waals surface area contributed by atoms with Crippen molar-refractivity contribution in [2.24, 2.45) is 5.41 Å². The minimum absolute atomic E-state index is 0.0504. The maximum absolute atomic E-state index is 14.6. The van der Waals surface area contributed by atoms with Gasteiger partial charge in [0.25, 0.3) is 5.91 Å². The number of benzene rings is 2. The topological polar surface area (TPSA) is 123 Å². The van der Waals surface area contributed by atoms with Gasteiger partial charge in [-0.3, -0.25) is 9.59 Å². The molecular weight excluding hydrogens is 481 g/mol. The van der Waals surface area contributed by atoms with Crippen molar-refractivity contribution in [3.63, 3.8) is 0 Å². The Bertz CT molecular complexity index is 1220. The maximum Gasteiger partial charge on any atom is 0.305 e. The van der Waals surface area contributed by atoms with Gasteiger partial charge >= 0.3 is 5.97 Å². The number of ether oxygens (including phenoxy) is 2. The number of aliphatic carboxylic acids is 1. The van der Waals surface area contributed by atoms with Crippen LogP contribution in [0.4, 0.5) is 4.39 Å². The Balaban J connectivity index is 1.90. The Kier molecular flexibility index (Phi) is 8.88. The molecule has 1 heterocycles. The van der Waals surface area contributed by atoms with Crippen LogP contribution in [0, 0.1) is 11.2 Å². The summed E-state index contributed by atoms with van der Waals surface area (Å²) in [4.78, 5) is 24.7. The van der Waals surface area contributed by atoms with Crippen LogP contribution in [0.3, 0.4) is 0 Å². The van der Waals surface area contributed by atoms with Crippen LogP contribution in [0.5, 0.6) is 11.6 Å². The van der Waals surface area contributed by atoms with Crippen molar-refractivity contribution in [3.05, 3.63) is 71.7 Å². The summed E-state index contributed by atoms with van der Waals surface area (Å²) in [5, 5.41) is 26.7. The first-order chi connectivity index (χ1) is 17.5. The second kappa shape index (κ2) is 11.9. The molecule has 0 spiro atoms. The average Bonchev–Trinajstić information content (AvgIpc) is 3.26. The lowest BCUT2D eigenvalue weighted by molar-refractivity contribution is -0.137. The second-order valence-corrected chi connectivity index (χ2v) is 9.55. The van der Waals surface area contributed by atoms with Crippen molar-refractivity contribution in [2.75, 3.05) is 13.2 Å². The minimum Gasteiger partial charge on any atom is -0.494 e. The molecule has 3 N–H and O–H groups in total. The number of hydrogen-bond acceptors (Lipinski definition) is 6. The molecule has 0 aliphatic rings. The van der Waals surface area contributed by atoms with E-state index in [1.807, 2.05) is 27.7 Å². The van der Waals surface area contributed by atoms with E-state index in [4.69, 9.17) is 9.47 Å². The molecule has 0 unspecified atom stereocenters. The molecule has 0 saturated heterocycles. The predicted molar refractivity (Wildman–Crippen MR) is 135 cm³/mol. The number of carbonyl (C=O) groups is 2. The lowest BCUT2D eigenvalue weighted by Gasteiger charge is -2.25. The number of carboxylic acids is 1. The van der Waals surface area contributed by atoms with Crippen molar-refractivity contribution in [2.45, 2.75) is 46.3 Å². The molecule has 0 saturated carbocycles. The highest BCUT2D eigenvalue weighted by Crippen LogP contribution is 2.26. The van der Waals surface area contributed by atoms with Crippen LogP contribution in [0.25, 0.3) is 5.69 Å². The Labute approximate surface area is 214 Å². The molecule has 37 heavy (non-hydrogen) atoms. The number of rotatable bonds is 11. The van der Waals surface area contributed by atoms with Crippen LogP contribution >= 0.6 is 0 Å². The van der Waals surface area contributed by atoms with E-state index in [9.17, 15) is 24.2 Å². The molecule has 1 amide bonds. The first-order valence-electron chi connectivity index (χ1n) is 11.9. The van der Waals surface area contributed by atoms with Crippen LogP contribution in [0.2, 0.25) is 0 Å². The highest BCUT2D eigenvalue weighted by atomic mass is 19.1. The maximum atomic E-state index is 14.6. The number of nitrogens with zero attached hydrogens (tertiary/aromatic N) is 2. The molecule has 1 aromatic heterocycles. The third kappa shape index (κ3) is 7.29. The van der Waals surface area contributed by atoms with Crippen LogP contribution in [0.15, 0.2) is 54.6 Å². The zero-order valence-electron chi connectivity index (χ0n) is 21.3. The number of aromatic nitrogens is 2. The fourth-order valence-electron chi connectivity index (χ4n) is 3.41. The van der Waals surface area contributed by atoms with Gasteiger partial charge in [-0.15, -0.1) is 0 Å². The van der Waals surface area contributed by atoms with Gasteiger partial charge in [-0.05, 0) is 42.2 Å². The standard InChI is InChI=1S/C27H32FN3O6/c1-5-36-18-12-10-17(11-13-18)20(15-25(33)34)29-26(35)21-14-24(37-16-23(32)27(2,3)4)31(30-21)22-9-7-6-8-19(22)28/h6-14,20,23,32H,5,15-16H2,1-4H3,(H,29,35)(H,33,34)/t20-,23-/m0/s1. The predicted octanol–water partition coefficient (Wildman–Crippen LogP) is 4.14. The van der Waals surface area contributed by atoms with E-state index in [1.165, 1.54) is 24.3 Å². The number of halogens is 1. The number of amides is 1. The summed E-state index contributed by atoms with van der Waals surface area (Å²) in [5.74, 6) is -1.69. The lowest BCUT2D eigenvalue weighted by Crippen LogP contribution is -2.32. The van der Waals surface area contributed by atoms with E-state index in [-0.39, 0.29) is 30.3 Å². The fourth-order valence-corrected chi connectivity index (χ4v) is 3.41. The molecule has 2 aromatic carbocycles. The fraction of sp³-hybridized carbons (Fsp3) is 0.370. The number of carboxylic acid groups (broad SMARTS) is 1. The van der Waals surface area contributed by atoms with Gasteiger partial charge in [0.15, 0.2) is 5.69 Å². The Hall–Kier alpha value is -3.92. The molecule has 2 atom stereocenters. The molecule has 9 nitrogen and oxygen atoms in total.